The Kier molecular flexibility index (Phi) is 5.71. The van der Waals surface area contributed by atoms with E-state index >= 15 is 0 Å². The van der Waals surface area contributed by atoms with Gasteiger partial charge in [-0.05, 0) is 55.9 Å². The molecule has 27 heavy (non-hydrogen) atoms. The summed E-state index contributed by atoms with van der Waals surface area (Å²) in [6, 6.07) is 14.0. The molecule has 1 aromatic heterocycles. The van der Waals surface area contributed by atoms with Gasteiger partial charge in [0.05, 0.1) is 30.7 Å². The molecule has 0 saturated heterocycles. The second kappa shape index (κ2) is 8.18. The van der Waals surface area contributed by atoms with Crippen molar-refractivity contribution in [2.24, 2.45) is 0 Å². The standard InChI is InChI=1S/C20H21FN4OS/c1-13-19(23-20(27)22-17-8-5-9-18(11-17)26-3)14(2)25(24-13)12-15-6-4-7-16(21)10-15/h4-11H,12H2,1-3H3,(H2,22,23,27). The first-order valence-electron chi connectivity index (χ1n) is 8.47. The molecule has 2 aromatic carbocycles. The highest BCUT2D eigenvalue weighted by atomic mass is 32.1. The summed E-state index contributed by atoms with van der Waals surface area (Å²) in [5, 5.41) is 11.3. The largest absolute Gasteiger partial charge is 0.497 e. The van der Waals surface area contributed by atoms with Crippen molar-refractivity contribution in [2.45, 2.75) is 20.4 Å². The fourth-order valence-electron chi connectivity index (χ4n) is 2.82. The van der Waals surface area contributed by atoms with Gasteiger partial charge in [0, 0.05) is 11.8 Å². The van der Waals surface area contributed by atoms with Crippen LogP contribution in [0.15, 0.2) is 48.5 Å². The summed E-state index contributed by atoms with van der Waals surface area (Å²) in [6.07, 6.45) is 0. The van der Waals surface area contributed by atoms with E-state index in [1.54, 1.807) is 13.2 Å². The number of anilines is 2. The second-order valence-electron chi connectivity index (χ2n) is 6.14. The molecule has 0 amide bonds. The van der Waals surface area contributed by atoms with Crippen molar-refractivity contribution >= 4 is 28.7 Å². The van der Waals surface area contributed by atoms with E-state index in [1.807, 2.05) is 48.9 Å². The van der Waals surface area contributed by atoms with Crippen LogP contribution in [0.25, 0.3) is 0 Å². The van der Waals surface area contributed by atoms with E-state index in [2.05, 4.69) is 15.7 Å². The SMILES string of the molecule is COc1cccc(NC(=S)Nc2c(C)nn(Cc3cccc(F)c3)c2C)c1. The van der Waals surface area contributed by atoms with E-state index in [4.69, 9.17) is 17.0 Å². The lowest BCUT2D eigenvalue weighted by Crippen LogP contribution is -2.20. The van der Waals surface area contributed by atoms with E-state index < -0.39 is 0 Å². The maximum Gasteiger partial charge on any atom is 0.175 e. The van der Waals surface area contributed by atoms with E-state index in [9.17, 15) is 4.39 Å². The molecule has 0 radical (unpaired) electrons. The molecule has 0 spiro atoms. The van der Waals surface area contributed by atoms with Crippen LogP contribution in [-0.2, 0) is 6.54 Å². The molecule has 7 heteroatoms. The van der Waals surface area contributed by atoms with E-state index in [0.29, 0.717) is 11.7 Å². The number of thiocarbonyl (C=S) groups is 1. The fraction of sp³-hybridized carbons (Fsp3) is 0.200. The van der Waals surface area contributed by atoms with Gasteiger partial charge in [-0.15, -0.1) is 0 Å². The van der Waals surface area contributed by atoms with Gasteiger partial charge in [0.2, 0.25) is 0 Å². The van der Waals surface area contributed by atoms with Crippen molar-refractivity contribution in [2.75, 3.05) is 17.7 Å². The van der Waals surface area contributed by atoms with Crippen molar-refractivity contribution in [3.8, 4) is 5.75 Å². The molecule has 0 unspecified atom stereocenters. The Morgan fingerprint density at radius 2 is 1.93 bits per heavy atom. The zero-order valence-electron chi connectivity index (χ0n) is 15.4. The van der Waals surface area contributed by atoms with Gasteiger partial charge >= 0.3 is 0 Å². The fourth-order valence-corrected chi connectivity index (χ4v) is 3.04. The molecule has 0 atom stereocenters. The van der Waals surface area contributed by atoms with Gasteiger partial charge in [-0.2, -0.15) is 5.10 Å². The molecule has 0 aliphatic heterocycles. The molecule has 0 saturated carbocycles. The number of hydrogen-bond acceptors (Lipinski definition) is 3. The van der Waals surface area contributed by atoms with Crippen LogP contribution in [0.2, 0.25) is 0 Å². The molecule has 0 aliphatic carbocycles. The molecule has 2 N–H and O–H groups in total. The first kappa shape index (κ1) is 18.8. The molecular formula is C20H21FN4OS. The number of hydrogen-bond donors (Lipinski definition) is 2. The summed E-state index contributed by atoms with van der Waals surface area (Å²) < 4.78 is 20.5. The van der Waals surface area contributed by atoms with Crippen LogP contribution in [0.4, 0.5) is 15.8 Å². The first-order valence-corrected chi connectivity index (χ1v) is 8.87. The van der Waals surface area contributed by atoms with Crippen LogP contribution in [0, 0.1) is 19.7 Å². The second-order valence-corrected chi connectivity index (χ2v) is 6.55. The van der Waals surface area contributed by atoms with Crippen LogP contribution >= 0.6 is 12.2 Å². The molecule has 140 valence electrons. The number of rotatable bonds is 5. The van der Waals surface area contributed by atoms with Crippen molar-refractivity contribution in [3.63, 3.8) is 0 Å². The number of ether oxygens (including phenoxy) is 1. The maximum absolute atomic E-state index is 13.4. The Balaban J connectivity index is 1.73. The summed E-state index contributed by atoms with van der Waals surface area (Å²) >= 11 is 5.42. The highest BCUT2D eigenvalue weighted by Gasteiger charge is 2.13. The molecule has 0 aliphatic rings. The third-order valence-electron chi connectivity index (χ3n) is 4.17. The summed E-state index contributed by atoms with van der Waals surface area (Å²) in [5.41, 5.74) is 4.26. The molecule has 0 bridgehead atoms. The predicted octanol–water partition coefficient (Wildman–Crippen LogP) is 4.50. The van der Waals surface area contributed by atoms with Crippen molar-refractivity contribution in [1.29, 1.82) is 0 Å². The Morgan fingerprint density at radius 3 is 2.67 bits per heavy atom. The number of methoxy groups -OCH3 is 1. The van der Waals surface area contributed by atoms with Crippen molar-refractivity contribution in [1.82, 2.24) is 9.78 Å². The van der Waals surface area contributed by atoms with E-state index in [0.717, 1.165) is 34.1 Å². The number of nitrogens with one attached hydrogen (secondary N) is 2. The summed E-state index contributed by atoms with van der Waals surface area (Å²) in [6.45, 7) is 4.35. The predicted molar refractivity (Wildman–Crippen MR) is 110 cm³/mol. The number of aromatic nitrogens is 2. The van der Waals surface area contributed by atoms with Gasteiger partial charge in [-0.25, -0.2) is 4.39 Å². The molecule has 3 rings (SSSR count). The van der Waals surface area contributed by atoms with Gasteiger partial charge in [0.25, 0.3) is 0 Å². The minimum atomic E-state index is -0.254. The Bertz CT molecular complexity index is 970. The molecule has 5 nitrogen and oxygen atoms in total. The zero-order valence-corrected chi connectivity index (χ0v) is 16.2. The number of aryl methyl sites for hydroxylation is 1. The Labute approximate surface area is 163 Å². The molecule has 3 aromatic rings. The van der Waals surface area contributed by atoms with Crippen LogP contribution < -0.4 is 15.4 Å². The Hall–Kier alpha value is -2.93. The van der Waals surface area contributed by atoms with Gasteiger partial charge in [0.15, 0.2) is 5.11 Å². The van der Waals surface area contributed by atoms with Gasteiger partial charge in [-0.3, -0.25) is 4.68 Å². The maximum atomic E-state index is 13.4. The minimum absolute atomic E-state index is 0.254. The minimum Gasteiger partial charge on any atom is -0.497 e. The lowest BCUT2D eigenvalue weighted by atomic mass is 10.2. The summed E-state index contributed by atoms with van der Waals surface area (Å²) in [5.74, 6) is 0.495. The zero-order chi connectivity index (χ0) is 19.4. The normalized spacial score (nSPS) is 10.5. The number of nitrogens with zero attached hydrogens (tertiary/aromatic N) is 2. The topological polar surface area (TPSA) is 51.1 Å². The summed E-state index contributed by atoms with van der Waals surface area (Å²) in [7, 11) is 1.62. The average molecular weight is 384 g/mol. The lowest BCUT2D eigenvalue weighted by Gasteiger charge is -2.12. The van der Waals surface area contributed by atoms with E-state index in [1.165, 1.54) is 12.1 Å². The first-order chi connectivity index (χ1) is 13.0. The Morgan fingerprint density at radius 1 is 1.15 bits per heavy atom. The van der Waals surface area contributed by atoms with Gasteiger partial charge in [0.1, 0.15) is 11.6 Å². The molecular weight excluding hydrogens is 363 g/mol. The number of benzene rings is 2. The third kappa shape index (κ3) is 4.62. The molecule has 1 heterocycles. The van der Waals surface area contributed by atoms with Crippen LogP contribution in [0.1, 0.15) is 17.0 Å². The van der Waals surface area contributed by atoms with Gasteiger partial charge < -0.3 is 15.4 Å². The smallest absolute Gasteiger partial charge is 0.175 e. The van der Waals surface area contributed by atoms with Crippen LogP contribution in [0.3, 0.4) is 0 Å². The van der Waals surface area contributed by atoms with Crippen LogP contribution in [-0.4, -0.2) is 22.0 Å². The van der Waals surface area contributed by atoms with Crippen molar-refractivity contribution < 1.29 is 9.13 Å². The third-order valence-corrected chi connectivity index (χ3v) is 4.37. The highest BCUT2D eigenvalue weighted by Crippen LogP contribution is 2.22. The van der Waals surface area contributed by atoms with Crippen molar-refractivity contribution in [3.05, 3.63) is 71.3 Å². The number of halogens is 1. The lowest BCUT2D eigenvalue weighted by molar-refractivity contribution is 0.415. The van der Waals surface area contributed by atoms with E-state index in [-0.39, 0.29) is 5.82 Å². The quantitative estimate of drug-likeness (QED) is 0.634. The molecule has 0 fully saturated rings. The van der Waals surface area contributed by atoms with Gasteiger partial charge in [-0.1, -0.05) is 18.2 Å². The highest BCUT2D eigenvalue weighted by molar-refractivity contribution is 7.80. The summed E-state index contributed by atoms with van der Waals surface area (Å²) in [4.78, 5) is 0. The van der Waals surface area contributed by atoms with Crippen LogP contribution in [0.5, 0.6) is 5.75 Å². The average Bonchev–Trinajstić information content (AvgIpc) is 2.89. The monoisotopic (exact) mass is 384 g/mol.